The summed E-state index contributed by atoms with van der Waals surface area (Å²) in [5, 5.41) is 6.41. The predicted molar refractivity (Wildman–Crippen MR) is 64.3 cm³/mol. The summed E-state index contributed by atoms with van der Waals surface area (Å²) in [6.07, 6.45) is 2.52. The highest BCUT2D eigenvalue weighted by Crippen LogP contribution is 2.10. The van der Waals surface area contributed by atoms with Gasteiger partial charge in [0.15, 0.2) is 0 Å². The molecule has 0 aromatic carbocycles. The Kier molecular flexibility index (Phi) is 6.42. The summed E-state index contributed by atoms with van der Waals surface area (Å²) in [5.41, 5.74) is 0. The monoisotopic (exact) mass is 228 g/mol. The highest BCUT2D eigenvalue weighted by Gasteiger charge is 2.22. The van der Waals surface area contributed by atoms with Crippen molar-refractivity contribution >= 4 is 5.91 Å². The lowest BCUT2D eigenvalue weighted by atomic mass is 9.95. The highest BCUT2D eigenvalue weighted by atomic mass is 16.5. The van der Waals surface area contributed by atoms with Gasteiger partial charge in [-0.1, -0.05) is 13.8 Å². The van der Waals surface area contributed by atoms with E-state index in [1.807, 2.05) is 0 Å². The second-order valence-corrected chi connectivity index (χ2v) is 4.51. The highest BCUT2D eigenvalue weighted by molar-refractivity contribution is 5.76. The van der Waals surface area contributed by atoms with Crippen LogP contribution in [-0.4, -0.2) is 38.3 Å². The van der Waals surface area contributed by atoms with Gasteiger partial charge in [0.2, 0.25) is 5.91 Å². The molecule has 1 aliphatic rings. The Morgan fingerprint density at radius 1 is 1.50 bits per heavy atom. The number of amides is 1. The Morgan fingerprint density at radius 2 is 2.31 bits per heavy atom. The SMILES string of the molecule is CCCOCCC(=O)NC1CCNCC1C. The molecule has 1 amide bonds. The molecule has 0 bridgehead atoms. The van der Waals surface area contributed by atoms with E-state index in [-0.39, 0.29) is 5.91 Å². The molecule has 1 rings (SSSR count). The molecule has 0 aliphatic carbocycles. The van der Waals surface area contributed by atoms with Crippen molar-refractivity contribution in [2.24, 2.45) is 5.92 Å². The van der Waals surface area contributed by atoms with Gasteiger partial charge in [0.05, 0.1) is 6.61 Å². The molecule has 0 spiro atoms. The molecule has 0 aromatic heterocycles. The Labute approximate surface area is 98.1 Å². The van der Waals surface area contributed by atoms with E-state index in [9.17, 15) is 4.79 Å². The minimum Gasteiger partial charge on any atom is -0.381 e. The Morgan fingerprint density at radius 3 is 3.00 bits per heavy atom. The van der Waals surface area contributed by atoms with Crippen LogP contribution >= 0.6 is 0 Å². The Bertz CT molecular complexity index is 209. The third-order valence-corrected chi connectivity index (χ3v) is 2.95. The van der Waals surface area contributed by atoms with Crippen LogP contribution in [0.3, 0.4) is 0 Å². The van der Waals surface area contributed by atoms with Crippen molar-refractivity contribution in [3.05, 3.63) is 0 Å². The van der Waals surface area contributed by atoms with Gasteiger partial charge in [-0.15, -0.1) is 0 Å². The van der Waals surface area contributed by atoms with E-state index in [1.165, 1.54) is 0 Å². The fourth-order valence-corrected chi connectivity index (χ4v) is 1.92. The van der Waals surface area contributed by atoms with Crippen molar-refractivity contribution in [3.63, 3.8) is 0 Å². The van der Waals surface area contributed by atoms with E-state index in [1.54, 1.807) is 0 Å². The summed E-state index contributed by atoms with van der Waals surface area (Å²) in [4.78, 5) is 11.6. The first-order chi connectivity index (χ1) is 7.74. The molecule has 1 saturated heterocycles. The van der Waals surface area contributed by atoms with Crippen LogP contribution in [0.2, 0.25) is 0 Å². The van der Waals surface area contributed by atoms with E-state index in [2.05, 4.69) is 24.5 Å². The zero-order chi connectivity index (χ0) is 11.8. The van der Waals surface area contributed by atoms with Crippen molar-refractivity contribution in [1.82, 2.24) is 10.6 Å². The fourth-order valence-electron chi connectivity index (χ4n) is 1.92. The lowest BCUT2D eigenvalue weighted by Crippen LogP contribution is -2.48. The number of ether oxygens (including phenoxy) is 1. The molecule has 94 valence electrons. The molecule has 0 radical (unpaired) electrons. The molecule has 16 heavy (non-hydrogen) atoms. The summed E-state index contributed by atoms with van der Waals surface area (Å²) in [6.45, 7) is 7.52. The van der Waals surface area contributed by atoms with Crippen LogP contribution in [0.1, 0.15) is 33.1 Å². The quantitative estimate of drug-likeness (QED) is 0.665. The molecule has 0 aromatic rings. The number of hydrogen-bond acceptors (Lipinski definition) is 3. The van der Waals surface area contributed by atoms with Gasteiger partial charge < -0.3 is 15.4 Å². The molecule has 4 nitrogen and oxygen atoms in total. The van der Waals surface area contributed by atoms with E-state index >= 15 is 0 Å². The number of carbonyl (C=O) groups is 1. The van der Waals surface area contributed by atoms with Gasteiger partial charge in [0, 0.05) is 19.1 Å². The lowest BCUT2D eigenvalue weighted by molar-refractivity contribution is -0.123. The zero-order valence-electron chi connectivity index (χ0n) is 10.4. The second-order valence-electron chi connectivity index (χ2n) is 4.51. The van der Waals surface area contributed by atoms with Gasteiger partial charge in [-0.05, 0) is 31.8 Å². The van der Waals surface area contributed by atoms with Crippen molar-refractivity contribution in [1.29, 1.82) is 0 Å². The van der Waals surface area contributed by atoms with Crippen molar-refractivity contribution in [2.45, 2.75) is 39.2 Å². The Hall–Kier alpha value is -0.610. The predicted octanol–water partition coefficient (Wildman–Crippen LogP) is 0.917. The first kappa shape index (κ1) is 13.5. The maximum absolute atomic E-state index is 11.6. The van der Waals surface area contributed by atoms with Gasteiger partial charge >= 0.3 is 0 Å². The molecule has 4 heteroatoms. The third-order valence-electron chi connectivity index (χ3n) is 2.95. The summed E-state index contributed by atoms with van der Waals surface area (Å²) < 4.78 is 5.30. The first-order valence-electron chi connectivity index (χ1n) is 6.32. The Balaban J connectivity index is 2.12. The van der Waals surface area contributed by atoms with Crippen molar-refractivity contribution in [2.75, 3.05) is 26.3 Å². The molecular formula is C12H24N2O2. The van der Waals surface area contributed by atoms with Crippen LogP contribution in [0, 0.1) is 5.92 Å². The maximum Gasteiger partial charge on any atom is 0.222 e. The summed E-state index contributed by atoms with van der Waals surface area (Å²) in [6, 6.07) is 0.333. The molecular weight excluding hydrogens is 204 g/mol. The van der Waals surface area contributed by atoms with Crippen molar-refractivity contribution < 1.29 is 9.53 Å². The number of rotatable bonds is 6. The number of carbonyl (C=O) groups excluding carboxylic acids is 1. The van der Waals surface area contributed by atoms with Gasteiger partial charge in [-0.2, -0.15) is 0 Å². The largest absolute Gasteiger partial charge is 0.381 e. The smallest absolute Gasteiger partial charge is 0.222 e. The molecule has 2 atom stereocenters. The number of hydrogen-bond donors (Lipinski definition) is 2. The second kappa shape index (κ2) is 7.63. The molecule has 1 heterocycles. The number of nitrogens with one attached hydrogen (secondary N) is 2. The van der Waals surface area contributed by atoms with Crippen LogP contribution in [-0.2, 0) is 9.53 Å². The van der Waals surface area contributed by atoms with Gasteiger partial charge in [-0.3, -0.25) is 4.79 Å². The summed E-state index contributed by atoms with van der Waals surface area (Å²) >= 11 is 0. The van der Waals surface area contributed by atoms with Gasteiger partial charge in [-0.25, -0.2) is 0 Å². The fraction of sp³-hybridized carbons (Fsp3) is 0.917. The minimum atomic E-state index is 0.120. The van der Waals surface area contributed by atoms with Gasteiger partial charge in [0.25, 0.3) is 0 Å². The van der Waals surface area contributed by atoms with Gasteiger partial charge in [0.1, 0.15) is 0 Å². The third kappa shape index (κ3) is 4.94. The maximum atomic E-state index is 11.6. The van der Waals surface area contributed by atoms with Crippen LogP contribution < -0.4 is 10.6 Å². The number of piperidine rings is 1. The molecule has 2 N–H and O–H groups in total. The van der Waals surface area contributed by atoms with E-state index < -0.39 is 0 Å². The van der Waals surface area contributed by atoms with E-state index in [0.717, 1.165) is 32.5 Å². The van der Waals surface area contributed by atoms with E-state index in [4.69, 9.17) is 4.74 Å². The van der Waals surface area contributed by atoms with Crippen LogP contribution in [0.4, 0.5) is 0 Å². The minimum absolute atomic E-state index is 0.120. The van der Waals surface area contributed by atoms with Crippen LogP contribution in [0.5, 0.6) is 0 Å². The average Bonchev–Trinajstić information content (AvgIpc) is 2.28. The van der Waals surface area contributed by atoms with Crippen LogP contribution in [0.15, 0.2) is 0 Å². The average molecular weight is 228 g/mol. The topological polar surface area (TPSA) is 50.4 Å². The normalized spacial score (nSPS) is 25.4. The molecule has 0 saturated carbocycles. The standard InChI is InChI=1S/C12H24N2O2/c1-3-7-16-8-5-12(15)14-11-4-6-13-9-10(11)2/h10-11,13H,3-9H2,1-2H3,(H,14,15). The molecule has 2 unspecified atom stereocenters. The van der Waals surface area contributed by atoms with Crippen molar-refractivity contribution in [3.8, 4) is 0 Å². The van der Waals surface area contributed by atoms with Crippen LogP contribution in [0.25, 0.3) is 0 Å². The molecule has 1 fully saturated rings. The lowest BCUT2D eigenvalue weighted by Gasteiger charge is -2.30. The molecule has 1 aliphatic heterocycles. The first-order valence-corrected chi connectivity index (χ1v) is 6.32. The summed E-state index contributed by atoms with van der Waals surface area (Å²) in [5.74, 6) is 0.643. The van der Waals surface area contributed by atoms with E-state index in [0.29, 0.717) is 25.0 Å². The summed E-state index contributed by atoms with van der Waals surface area (Å²) in [7, 11) is 0. The zero-order valence-corrected chi connectivity index (χ0v) is 10.4.